The molecular formula is C11H15N3OS. The summed E-state index contributed by atoms with van der Waals surface area (Å²) in [4.78, 5) is 16.1. The van der Waals surface area contributed by atoms with Gasteiger partial charge < -0.3 is 5.32 Å². The van der Waals surface area contributed by atoms with Gasteiger partial charge in [-0.2, -0.15) is 11.3 Å². The highest BCUT2D eigenvalue weighted by atomic mass is 32.1. The number of guanidine groups is 1. The number of amides is 1. The fraction of sp³-hybridized carbons (Fsp3) is 0.455. The van der Waals surface area contributed by atoms with E-state index in [1.165, 1.54) is 0 Å². The van der Waals surface area contributed by atoms with Crippen LogP contribution in [0.25, 0.3) is 0 Å². The lowest BCUT2D eigenvalue weighted by Gasteiger charge is -2.21. The van der Waals surface area contributed by atoms with Gasteiger partial charge in [0.25, 0.3) is 5.91 Å². The fourth-order valence-corrected chi connectivity index (χ4v) is 2.16. The zero-order chi connectivity index (χ0) is 11.8. The van der Waals surface area contributed by atoms with Crippen LogP contribution in [0.2, 0.25) is 0 Å². The highest BCUT2D eigenvalue weighted by Crippen LogP contribution is 2.23. The van der Waals surface area contributed by atoms with Crippen LogP contribution in [0.3, 0.4) is 0 Å². The third-order valence-corrected chi connectivity index (χ3v) is 2.80. The van der Waals surface area contributed by atoms with E-state index < -0.39 is 6.04 Å². The molecule has 1 atom stereocenters. The zero-order valence-electron chi connectivity index (χ0n) is 9.57. The molecule has 4 nitrogen and oxygen atoms in total. The van der Waals surface area contributed by atoms with Gasteiger partial charge in [0.1, 0.15) is 0 Å². The predicted molar refractivity (Wildman–Crippen MR) is 65.5 cm³/mol. The average molecular weight is 237 g/mol. The summed E-state index contributed by atoms with van der Waals surface area (Å²) in [5.41, 5.74) is 0.851. The summed E-state index contributed by atoms with van der Waals surface area (Å²) in [6, 6.07) is 1.54. The van der Waals surface area contributed by atoms with Gasteiger partial charge in [0.15, 0.2) is 12.0 Å². The van der Waals surface area contributed by atoms with Gasteiger partial charge in [0, 0.05) is 5.54 Å². The fourth-order valence-electron chi connectivity index (χ4n) is 1.48. The number of nitrogens with zero attached hydrogens (tertiary/aromatic N) is 1. The quantitative estimate of drug-likeness (QED) is 0.780. The minimum absolute atomic E-state index is 0.0647. The predicted octanol–water partition coefficient (Wildman–Crippen LogP) is 1.66. The van der Waals surface area contributed by atoms with E-state index in [9.17, 15) is 4.79 Å². The number of hydrogen-bond acceptors (Lipinski definition) is 4. The van der Waals surface area contributed by atoms with Crippen LogP contribution in [0.4, 0.5) is 0 Å². The molecule has 16 heavy (non-hydrogen) atoms. The van der Waals surface area contributed by atoms with Gasteiger partial charge in [0.05, 0.1) is 0 Å². The maximum Gasteiger partial charge on any atom is 0.256 e. The molecule has 1 aromatic rings. The Balaban J connectivity index is 2.15. The Bertz CT molecular complexity index is 417. The lowest BCUT2D eigenvalue weighted by atomic mass is 10.1. The van der Waals surface area contributed by atoms with E-state index >= 15 is 0 Å². The van der Waals surface area contributed by atoms with Gasteiger partial charge in [-0.05, 0) is 43.2 Å². The van der Waals surface area contributed by atoms with Gasteiger partial charge in [-0.15, -0.1) is 0 Å². The Morgan fingerprint density at radius 2 is 2.25 bits per heavy atom. The van der Waals surface area contributed by atoms with Crippen molar-refractivity contribution in [2.75, 3.05) is 0 Å². The standard InChI is InChI=1S/C11H15N3OS/c1-11(2,3)14-10-12-8(9(15)13-10)7-4-5-16-6-7/h4-6,8H,1-3H3,(H2,12,13,14,15). The molecule has 0 radical (unpaired) electrons. The number of thiophene rings is 1. The van der Waals surface area contributed by atoms with E-state index in [-0.39, 0.29) is 11.4 Å². The van der Waals surface area contributed by atoms with E-state index in [2.05, 4.69) is 15.6 Å². The van der Waals surface area contributed by atoms with Crippen LogP contribution in [0, 0.1) is 0 Å². The molecule has 0 aromatic carbocycles. The minimum Gasteiger partial charge on any atom is -0.351 e. The van der Waals surface area contributed by atoms with Crippen LogP contribution in [-0.4, -0.2) is 17.4 Å². The van der Waals surface area contributed by atoms with Crippen molar-refractivity contribution in [3.05, 3.63) is 22.4 Å². The number of carbonyl (C=O) groups is 1. The minimum atomic E-state index is -0.393. The van der Waals surface area contributed by atoms with Crippen molar-refractivity contribution in [2.24, 2.45) is 4.99 Å². The Labute approximate surface area is 98.8 Å². The molecule has 0 spiro atoms. The first-order chi connectivity index (χ1) is 7.46. The van der Waals surface area contributed by atoms with Gasteiger partial charge >= 0.3 is 0 Å². The van der Waals surface area contributed by atoms with Gasteiger partial charge in [-0.3, -0.25) is 10.1 Å². The second-order valence-electron chi connectivity index (χ2n) is 4.80. The first kappa shape index (κ1) is 11.1. The monoisotopic (exact) mass is 237 g/mol. The molecule has 5 heteroatoms. The summed E-state index contributed by atoms with van der Waals surface area (Å²) < 4.78 is 0. The van der Waals surface area contributed by atoms with E-state index in [0.29, 0.717) is 5.96 Å². The summed E-state index contributed by atoms with van der Waals surface area (Å²) in [5.74, 6) is 0.499. The van der Waals surface area contributed by atoms with Gasteiger partial charge in [-0.25, -0.2) is 4.99 Å². The molecule has 2 rings (SSSR count). The highest BCUT2D eigenvalue weighted by Gasteiger charge is 2.29. The SMILES string of the molecule is CC(C)(C)NC1=NC(c2ccsc2)C(=O)N1. The maximum atomic E-state index is 11.7. The molecule has 1 aliphatic heterocycles. The largest absolute Gasteiger partial charge is 0.351 e. The highest BCUT2D eigenvalue weighted by molar-refractivity contribution is 7.08. The molecule has 2 N–H and O–H groups in total. The first-order valence-electron chi connectivity index (χ1n) is 5.15. The van der Waals surface area contributed by atoms with E-state index in [0.717, 1.165) is 5.56 Å². The molecule has 0 saturated heterocycles. The molecule has 2 heterocycles. The smallest absolute Gasteiger partial charge is 0.256 e. The average Bonchev–Trinajstić information content (AvgIpc) is 2.71. The van der Waals surface area contributed by atoms with Crippen molar-refractivity contribution in [1.82, 2.24) is 10.6 Å². The van der Waals surface area contributed by atoms with Crippen molar-refractivity contribution in [1.29, 1.82) is 0 Å². The second-order valence-corrected chi connectivity index (χ2v) is 5.58. The summed E-state index contributed by atoms with van der Waals surface area (Å²) in [6.07, 6.45) is 0. The molecule has 0 bridgehead atoms. The molecule has 0 fully saturated rings. The molecular weight excluding hydrogens is 222 g/mol. The van der Waals surface area contributed by atoms with Crippen molar-refractivity contribution in [3.8, 4) is 0 Å². The normalized spacial score (nSPS) is 20.6. The zero-order valence-corrected chi connectivity index (χ0v) is 10.4. The van der Waals surface area contributed by atoms with Crippen molar-refractivity contribution in [3.63, 3.8) is 0 Å². The lowest BCUT2D eigenvalue weighted by molar-refractivity contribution is -0.120. The van der Waals surface area contributed by atoms with Crippen LogP contribution < -0.4 is 10.6 Å². The van der Waals surface area contributed by atoms with Crippen LogP contribution >= 0.6 is 11.3 Å². The number of rotatable bonds is 1. The van der Waals surface area contributed by atoms with Gasteiger partial charge in [-0.1, -0.05) is 0 Å². The Morgan fingerprint density at radius 1 is 1.50 bits per heavy atom. The molecule has 1 aromatic heterocycles. The first-order valence-corrected chi connectivity index (χ1v) is 6.09. The van der Waals surface area contributed by atoms with E-state index in [4.69, 9.17) is 0 Å². The van der Waals surface area contributed by atoms with Crippen molar-refractivity contribution < 1.29 is 4.79 Å². The topological polar surface area (TPSA) is 53.5 Å². The maximum absolute atomic E-state index is 11.7. The van der Waals surface area contributed by atoms with Crippen LogP contribution in [0.5, 0.6) is 0 Å². The summed E-state index contributed by atoms with van der Waals surface area (Å²) in [7, 11) is 0. The second kappa shape index (κ2) is 3.90. The molecule has 0 aliphatic carbocycles. The van der Waals surface area contributed by atoms with E-state index in [1.54, 1.807) is 11.3 Å². The summed E-state index contributed by atoms with van der Waals surface area (Å²) in [6.45, 7) is 6.08. The van der Waals surface area contributed by atoms with Gasteiger partial charge in [0.2, 0.25) is 0 Å². The van der Waals surface area contributed by atoms with E-state index in [1.807, 2.05) is 37.6 Å². The van der Waals surface area contributed by atoms with Crippen LogP contribution in [0.15, 0.2) is 21.8 Å². The number of aliphatic imine (C=N–C) groups is 1. The number of hydrogen-bond donors (Lipinski definition) is 2. The third-order valence-electron chi connectivity index (χ3n) is 2.10. The molecule has 1 unspecified atom stereocenters. The Kier molecular flexibility index (Phi) is 2.71. The third kappa shape index (κ3) is 2.41. The number of carbonyl (C=O) groups excluding carboxylic acids is 1. The Morgan fingerprint density at radius 3 is 2.81 bits per heavy atom. The Hall–Kier alpha value is -1.36. The summed E-state index contributed by atoms with van der Waals surface area (Å²) in [5, 5.41) is 9.82. The molecule has 86 valence electrons. The van der Waals surface area contributed by atoms with Crippen LogP contribution in [0.1, 0.15) is 32.4 Å². The van der Waals surface area contributed by atoms with Crippen molar-refractivity contribution in [2.45, 2.75) is 32.4 Å². The number of nitrogens with one attached hydrogen (secondary N) is 2. The van der Waals surface area contributed by atoms with Crippen molar-refractivity contribution >= 4 is 23.2 Å². The summed E-state index contributed by atoms with van der Waals surface area (Å²) >= 11 is 1.57. The molecule has 1 aliphatic rings. The molecule has 0 saturated carbocycles. The van der Waals surface area contributed by atoms with Crippen LogP contribution in [-0.2, 0) is 4.79 Å². The molecule has 1 amide bonds. The lowest BCUT2D eigenvalue weighted by Crippen LogP contribution is -2.46.